The summed E-state index contributed by atoms with van der Waals surface area (Å²) in [4.78, 5) is 4.10. The average Bonchev–Trinajstić information content (AvgIpc) is 2.50. The smallest absolute Gasteiger partial charge is 0.156 e. The molecule has 2 aromatic rings. The Hall–Kier alpha value is -1.75. The molecule has 3 rings (SSSR count). The minimum absolute atomic E-state index is 0.255. The molecule has 0 N–H and O–H groups in total. The summed E-state index contributed by atoms with van der Waals surface area (Å²) in [6.45, 7) is 0. The zero-order valence-electron chi connectivity index (χ0n) is 8.95. The lowest BCUT2D eigenvalue weighted by molar-refractivity contribution is 0.473. The first-order valence-electron chi connectivity index (χ1n) is 5.14. The van der Waals surface area contributed by atoms with Crippen LogP contribution < -0.4 is 4.74 Å². The van der Waals surface area contributed by atoms with Crippen molar-refractivity contribution in [1.82, 2.24) is 0 Å². The van der Waals surface area contributed by atoms with E-state index in [-0.39, 0.29) is 15.8 Å². The standard InChI is InChI=1S/C13H6BrF2NO/c14-8-4-11-13(5-10(8)16)18-12-3-1-2-9(15)7(12)6-17-11/h1-6H. The van der Waals surface area contributed by atoms with Crippen molar-refractivity contribution in [3.05, 3.63) is 52.0 Å². The van der Waals surface area contributed by atoms with E-state index in [9.17, 15) is 8.78 Å². The van der Waals surface area contributed by atoms with Gasteiger partial charge in [-0.2, -0.15) is 0 Å². The number of benzene rings is 2. The normalized spacial score (nSPS) is 12.4. The SMILES string of the molecule is Fc1cc2c(cc1Br)N=Cc1c(F)cccc1O2. The van der Waals surface area contributed by atoms with Gasteiger partial charge in [-0.15, -0.1) is 0 Å². The molecule has 2 aromatic carbocycles. The van der Waals surface area contributed by atoms with Crippen LogP contribution >= 0.6 is 15.9 Å². The van der Waals surface area contributed by atoms with Gasteiger partial charge in [0.1, 0.15) is 23.1 Å². The lowest BCUT2D eigenvalue weighted by Gasteiger charge is -2.08. The summed E-state index contributed by atoms with van der Waals surface area (Å²) in [5.74, 6) is -0.303. The predicted octanol–water partition coefficient (Wildman–Crippen LogP) is 4.58. The number of aliphatic imine (C=N–C) groups is 1. The Kier molecular flexibility index (Phi) is 2.63. The molecule has 18 heavy (non-hydrogen) atoms. The van der Waals surface area contributed by atoms with E-state index >= 15 is 0 Å². The van der Waals surface area contributed by atoms with Crippen LogP contribution in [0, 0.1) is 11.6 Å². The molecule has 0 saturated carbocycles. The molecule has 0 spiro atoms. The molecule has 0 radical (unpaired) electrons. The fraction of sp³-hybridized carbons (Fsp3) is 0. The number of halogens is 3. The van der Waals surface area contributed by atoms with Gasteiger partial charge >= 0.3 is 0 Å². The van der Waals surface area contributed by atoms with Crippen LogP contribution in [-0.2, 0) is 0 Å². The van der Waals surface area contributed by atoms with Gasteiger partial charge in [0.2, 0.25) is 0 Å². The number of fused-ring (bicyclic) bond motifs is 2. The number of nitrogens with zero attached hydrogens (tertiary/aromatic N) is 1. The van der Waals surface area contributed by atoms with E-state index in [0.29, 0.717) is 11.4 Å². The first-order chi connectivity index (χ1) is 8.65. The summed E-state index contributed by atoms with van der Waals surface area (Å²) in [6.07, 6.45) is 1.38. The van der Waals surface area contributed by atoms with Crippen LogP contribution in [-0.4, -0.2) is 6.21 Å². The molecule has 0 amide bonds. The Balaban J connectivity index is 2.20. The van der Waals surface area contributed by atoms with Crippen molar-refractivity contribution < 1.29 is 13.5 Å². The monoisotopic (exact) mass is 309 g/mol. The summed E-state index contributed by atoms with van der Waals surface area (Å²) in [5, 5.41) is 0. The van der Waals surface area contributed by atoms with Crippen molar-refractivity contribution >= 4 is 27.8 Å². The van der Waals surface area contributed by atoms with E-state index in [1.165, 1.54) is 30.5 Å². The highest BCUT2D eigenvalue weighted by Gasteiger charge is 2.16. The highest BCUT2D eigenvalue weighted by Crippen LogP contribution is 2.39. The maximum absolute atomic E-state index is 13.6. The van der Waals surface area contributed by atoms with Crippen molar-refractivity contribution in [3.8, 4) is 11.5 Å². The molecule has 0 bridgehead atoms. The van der Waals surface area contributed by atoms with Crippen LogP contribution in [0.15, 0.2) is 39.8 Å². The Morgan fingerprint density at radius 2 is 1.89 bits per heavy atom. The molecule has 0 fully saturated rings. The van der Waals surface area contributed by atoms with Crippen LogP contribution in [0.5, 0.6) is 11.5 Å². The fourth-order valence-corrected chi connectivity index (χ4v) is 2.02. The molecule has 1 heterocycles. The lowest BCUT2D eigenvalue weighted by Crippen LogP contribution is -1.92. The largest absolute Gasteiger partial charge is 0.454 e. The zero-order valence-corrected chi connectivity index (χ0v) is 10.5. The van der Waals surface area contributed by atoms with Crippen molar-refractivity contribution in [3.63, 3.8) is 0 Å². The molecular weight excluding hydrogens is 304 g/mol. The summed E-state index contributed by atoms with van der Waals surface area (Å²) in [5.41, 5.74) is 0.698. The number of ether oxygens (including phenoxy) is 1. The van der Waals surface area contributed by atoms with Gasteiger partial charge in [-0.05, 0) is 34.1 Å². The summed E-state index contributed by atoms with van der Waals surface area (Å²) < 4.78 is 32.8. The molecule has 0 aromatic heterocycles. The first-order valence-corrected chi connectivity index (χ1v) is 5.94. The third kappa shape index (κ3) is 1.80. The molecule has 90 valence electrons. The number of hydrogen-bond acceptors (Lipinski definition) is 2. The van der Waals surface area contributed by atoms with E-state index in [0.717, 1.165) is 0 Å². The maximum Gasteiger partial charge on any atom is 0.156 e. The second kappa shape index (κ2) is 4.17. The highest BCUT2D eigenvalue weighted by molar-refractivity contribution is 9.10. The first kappa shape index (κ1) is 11.3. The molecular formula is C13H6BrF2NO. The van der Waals surface area contributed by atoms with E-state index in [1.54, 1.807) is 6.07 Å². The van der Waals surface area contributed by atoms with Crippen molar-refractivity contribution in [1.29, 1.82) is 0 Å². The maximum atomic E-state index is 13.6. The van der Waals surface area contributed by atoms with Gasteiger partial charge in [-0.25, -0.2) is 8.78 Å². The molecule has 5 heteroatoms. The molecule has 0 atom stereocenters. The van der Waals surface area contributed by atoms with Crippen molar-refractivity contribution in [2.75, 3.05) is 0 Å². The zero-order chi connectivity index (χ0) is 12.7. The van der Waals surface area contributed by atoms with Gasteiger partial charge in [0.25, 0.3) is 0 Å². The van der Waals surface area contributed by atoms with Gasteiger partial charge in [0, 0.05) is 12.3 Å². The Morgan fingerprint density at radius 3 is 2.72 bits per heavy atom. The molecule has 1 aliphatic rings. The van der Waals surface area contributed by atoms with E-state index in [1.807, 2.05) is 0 Å². The minimum atomic E-state index is -0.455. The Morgan fingerprint density at radius 1 is 1.06 bits per heavy atom. The van der Waals surface area contributed by atoms with Gasteiger partial charge in [0.05, 0.1) is 10.0 Å². The van der Waals surface area contributed by atoms with E-state index < -0.39 is 11.6 Å². The summed E-state index contributed by atoms with van der Waals surface area (Å²) in [6, 6.07) is 7.17. The van der Waals surface area contributed by atoms with Crippen LogP contribution in [0.25, 0.3) is 0 Å². The van der Waals surface area contributed by atoms with Crippen LogP contribution in [0.4, 0.5) is 14.5 Å². The van der Waals surface area contributed by atoms with Crippen molar-refractivity contribution in [2.24, 2.45) is 4.99 Å². The third-order valence-electron chi connectivity index (χ3n) is 2.57. The second-order valence-corrected chi connectivity index (χ2v) is 4.60. The Bertz CT molecular complexity index is 670. The quantitative estimate of drug-likeness (QED) is 0.595. The third-order valence-corrected chi connectivity index (χ3v) is 3.18. The van der Waals surface area contributed by atoms with Crippen LogP contribution in [0.1, 0.15) is 5.56 Å². The second-order valence-electron chi connectivity index (χ2n) is 3.75. The number of rotatable bonds is 0. The minimum Gasteiger partial charge on any atom is -0.454 e. The molecule has 0 aliphatic carbocycles. The molecule has 1 aliphatic heterocycles. The number of hydrogen-bond donors (Lipinski definition) is 0. The average molecular weight is 310 g/mol. The summed E-state index contributed by atoms with van der Waals surface area (Å²) in [7, 11) is 0. The lowest BCUT2D eigenvalue weighted by atomic mass is 10.2. The molecule has 0 saturated heterocycles. The highest BCUT2D eigenvalue weighted by atomic mass is 79.9. The van der Waals surface area contributed by atoms with Gasteiger partial charge in [0.15, 0.2) is 5.75 Å². The van der Waals surface area contributed by atoms with Gasteiger partial charge < -0.3 is 4.74 Å². The molecule has 2 nitrogen and oxygen atoms in total. The molecule has 0 unspecified atom stereocenters. The van der Waals surface area contributed by atoms with Crippen LogP contribution in [0.2, 0.25) is 0 Å². The summed E-state index contributed by atoms with van der Waals surface area (Å²) >= 11 is 3.07. The van der Waals surface area contributed by atoms with Gasteiger partial charge in [-0.1, -0.05) is 6.07 Å². The topological polar surface area (TPSA) is 21.6 Å². The van der Waals surface area contributed by atoms with E-state index in [4.69, 9.17) is 4.74 Å². The van der Waals surface area contributed by atoms with Gasteiger partial charge in [-0.3, -0.25) is 4.99 Å². The Labute approximate surface area is 110 Å². The van der Waals surface area contributed by atoms with Crippen LogP contribution in [0.3, 0.4) is 0 Å². The predicted molar refractivity (Wildman–Crippen MR) is 67.8 cm³/mol. The van der Waals surface area contributed by atoms with E-state index in [2.05, 4.69) is 20.9 Å². The fourth-order valence-electron chi connectivity index (χ4n) is 1.68. The van der Waals surface area contributed by atoms with Crippen molar-refractivity contribution in [2.45, 2.75) is 0 Å².